The van der Waals surface area contributed by atoms with Crippen LogP contribution in [0.25, 0.3) is 11.0 Å². The summed E-state index contributed by atoms with van der Waals surface area (Å²) >= 11 is 1.56. The molecule has 11 heteroatoms. The first-order valence-corrected chi connectivity index (χ1v) is 11.2. The second-order valence-electron chi connectivity index (χ2n) is 6.64. The summed E-state index contributed by atoms with van der Waals surface area (Å²) in [6.07, 6.45) is 1.74. The topological polar surface area (TPSA) is 112 Å². The molecule has 2 aromatic heterocycles. The number of thioether (sulfide) groups is 1. The van der Waals surface area contributed by atoms with Gasteiger partial charge in [0.1, 0.15) is 5.82 Å². The maximum absolute atomic E-state index is 12.6. The molecule has 0 atom stereocenters. The fourth-order valence-electron chi connectivity index (χ4n) is 3.05. The predicted octanol–water partition coefficient (Wildman–Crippen LogP) is 2.44. The van der Waals surface area contributed by atoms with Gasteiger partial charge in [-0.25, -0.2) is 14.6 Å². The minimum Gasteiger partial charge on any atom is -0.493 e. The van der Waals surface area contributed by atoms with Crippen molar-refractivity contribution in [3.63, 3.8) is 0 Å². The van der Waals surface area contributed by atoms with Gasteiger partial charge < -0.3 is 24.8 Å². The molecule has 0 radical (unpaired) electrons. The smallest absolute Gasteiger partial charge is 0.251 e. The maximum Gasteiger partial charge on any atom is 0.251 e. The normalized spacial score (nSPS) is 10.9. The highest BCUT2D eigenvalue weighted by molar-refractivity contribution is 7.99. The van der Waals surface area contributed by atoms with Crippen LogP contribution in [0.15, 0.2) is 29.6 Å². The highest BCUT2D eigenvalue weighted by Gasteiger charge is 2.14. The molecule has 172 valence electrons. The first-order chi connectivity index (χ1) is 15.6. The summed E-state index contributed by atoms with van der Waals surface area (Å²) in [7, 11) is 4.75. The van der Waals surface area contributed by atoms with Crippen LogP contribution in [0.2, 0.25) is 0 Å². The molecule has 0 aliphatic heterocycles. The van der Waals surface area contributed by atoms with Crippen LogP contribution in [0, 0.1) is 0 Å². The molecule has 0 saturated heterocycles. The fourth-order valence-corrected chi connectivity index (χ4v) is 3.62. The molecule has 32 heavy (non-hydrogen) atoms. The van der Waals surface area contributed by atoms with E-state index in [1.165, 1.54) is 7.11 Å². The molecule has 3 rings (SSSR count). The Morgan fingerprint density at radius 3 is 2.66 bits per heavy atom. The summed E-state index contributed by atoms with van der Waals surface area (Å²) < 4.78 is 17.4. The van der Waals surface area contributed by atoms with Crippen LogP contribution in [0.4, 0.5) is 5.82 Å². The van der Waals surface area contributed by atoms with Gasteiger partial charge in [0.05, 0.1) is 39.0 Å². The van der Waals surface area contributed by atoms with Crippen LogP contribution in [0.3, 0.4) is 0 Å². The van der Waals surface area contributed by atoms with E-state index < -0.39 is 0 Å². The Labute approximate surface area is 191 Å². The summed E-state index contributed by atoms with van der Waals surface area (Å²) in [6.45, 7) is 4.10. The average molecular weight is 461 g/mol. The second kappa shape index (κ2) is 11.5. The van der Waals surface area contributed by atoms with Gasteiger partial charge in [-0.1, -0.05) is 18.7 Å². The highest BCUT2D eigenvalue weighted by Crippen LogP contribution is 2.27. The number of fused-ring (bicyclic) bond motifs is 1. The molecule has 0 spiro atoms. The minimum absolute atomic E-state index is 0.207. The van der Waals surface area contributed by atoms with E-state index in [1.54, 1.807) is 55.1 Å². The zero-order valence-electron chi connectivity index (χ0n) is 18.7. The van der Waals surface area contributed by atoms with E-state index in [9.17, 15) is 4.79 Å². The largest absolute Gasteiger partial charge is 0.493 e. The number of anilines is 1. The van der Waals surface area contributed by atoms with Crippen molar-refractivity contribution in [1.29, 1.82) is 0 Å². The van der Waals surface area contributed by atoms with E-state index in [0.717, 1.165) is 22.6 Å². The molecule has 0 saturated carbocycles. The third-order valence-electron chi connectivity index (χ3n) is 4.60. The summed E-state index contributed by atoms with van der Waals surface area (Å²) in [5.74, 6) is 2.45. The number of carbonyl (C=O) groups excluding carboxylic acids is 1. The van der Waals surface area contributed by atoms with E-state index >= 15 is 0 Å². The van der Waals surface area contributed by atoms with Crippen LogP contribution in [-0.2, 0) is 11.3 Å². The first kappa shape index (κ1) is 23.6. The van der Waals surface area contributed by atoms with Crippen molar-refractivity contribution in [2.75, 3.05) is 52.1 Å². The van der Waals surface area contributed by atoms with Crippen molar-refractivity contribution < 1.29 is 19.0 Å². The Morgan fingerprint density at radius 1 is 1.12 bits per heavy atom. The number of nitrogens with zero attached hydrogens (tertiary/aromatic N) is 4. The van der Waals surface area contributed by atoms with Gasteiger partial charge in [-0.05, 0) is 24.0 Å². The lowest BCUT2D eigenvalue weighted by atomic mass is 10.2. The molecule has 10 nitrogen and oxygen atoms in total. The van der Waals surface area contributed by atoms with Crippen molar-refractivity contribution in [3.05, 3.63) is 30.0 Å². The first-order valence-electron chi connectivity index (χ1n) is 10.2. The lowest BCUT2D eigenvalue weighted by Gasteiger charge is -2.11. The molecule has 0 unspecified atom stereocenters. The van der Waals surface area contributed by atoms with E-state index in [4.69, 9.17) is 14.2 Å². The zero-order chi connectivity index (χ0) is 22.9. The molecule has 0 aliphatic carbocycles. The third-order valence-corrected chi connectivity index (χ3v) is 5.33. The number of aromatic nitrogens is 4. The molecular weight excluding hydrogens is 432 g/mol. The summed E-state index contributed by atoms with van der Waals surface area (Å²) in [4.78, 5) is 21.8. The van der Waals surface area contributed by atoms with E-state index in [2.05, 4.69) is 32.6 Å². The Morgan fingerprint density at radius 2 is 1.94 bits per heavy atom. The second-order valence-corrected chi connectivity index (χ2v) is 7.87. The van der Waals surface area contributed by atoms with Gasteiger partial charge in [0, 0.05) is 25.8 Å². The molecule has 2 heterocycles. The van der Waals surface area contributed by atoms with Gasteiger partial charge in [0.25, 0.3) is 5.91 Å². The standard InChI is InChI=1S/C21H28N6O4S/c1-5-32-21-25-18(22-9-11-29-2)15-13-24-27(19(15)26-21)10-8-23-20(28)14-6-7-16(30-3)17(12-14)31-4/h6-7,12-13H,5,8-11H2,1-4H3,(H,23,28)(H,22,25,26). The van der Waals surface area contributed by atoms with Crippen LogP contribution < -0.4 is 20.1 Å². The Hall–Kier alpha value is -3.05. The summed E-state index contributed by atoms with van der Waals surface area (Å²) in [6, 6.07) is 5.05. The third kappa shape index (κ3) is 5.60. The van der Waals surface area contributed by atoms with Gasteiger partial charge >= 0.3 is 0 Å². The van der Waals surface area contributed by atoms with E-state index in [1.807, 2.05) is 0 Å². The summed E-state index contributed by atoms with van der Waals surface area (Å²) in [5.41, 5.74) is 1.21. The number of ether oxygens (including phenoxy) is 3. The van der Waals surface area contributed by atoms with Crippen LogP contribution in [0.5, 0.6) is 11.5 Å². The number of carbonyl (C=O) groups is 1. The number of benzene rings is 1. The molecule has 0 bridgehead atoms. The minimum atomic E-state index is -0.207. The van der Waals surface area contributed by atoms with E-state index in [0.29, 0.717) is 48.5 Å². The zero-order valence-corrected chi connectivity index (χ0v) is 19.5. The predicted molar refractivity (Wildman–Crippen MR) is 124 cm³/mol. The summed E-state index contributed by atoms with van der Waals surface area (Å²) in [5, 5.41) is 12.1. The Bertz CT molecular complexity index is 1060. The lowest BCUT2D eigenvalue weighted by Crippen LogP contribution is -2.27. The number of methoxy groups -OCH3 is 3. The van der Waals surface area contributed by atoms with Gasteiger partial charge in [-0.3, -0.25) is 4.79 Å². The highest BCUT2D eigenvalue weighted by atomic mass is 32.2. The average Bonchev–Trinajstić information content (AvgIpc) is 3.22. The van der Waals surface area contributed by atoms with Crippen molar-refractivity contribution in [3.8, 4) is 11.5 Å². The van der Waals surface area contributed by atoms with Crippen molar-refractivity contribution in [2.24, 2.45) is 0 Å². The van der Waals surface area contributed by atoms with Gasteiger partial charge in [0.15, 0.2) is 22.3 Å². The number of rotatable bonds is 12. The van der Waals surface area contributed by atoms with Crippen LogP contribution >= 0.6 is 11.8 Å². The number of nitrogens with one attached hydrogen (secondary N) is 2. The molecule has 0 fully saturated rings. The Balaban J connectivity index is 1.71. The molecule has 0 aliphatic rings. The van der Waals surface area contributed by atoms with Crippen LogP contribution in [-0.4, -0.2) is 72.4 Å². The molecule has 3 aromatic rings. The lowest BCUT2D eigenvalue weighted by molar-refractivity contribution is 0.0951. The number of amides is 1. The van der Waals surface area contributed by atoms with Crippen LogP contribution in [0.1, 0.15) is 17.3 Å². The number of hydrogen-bond acceptors (Lipinski definition) is 9. The maximum atomic E-state index is 12.6. The van der Waals surface area contributed by atoms with Gasteiger partial charge in [0.2, 0.25) is 0 Å². The van der Waals surface area contributed by atoms with E-state index in [-0.39, 0.29) is 5.91 Å². The quantitative estimate of drug-likeness (QED) is 0.239. The van der Waals surface area contributed by atoms with Crippen molar-refractivity contribution in [2.45, 2.75) is 18.6 Å². The number of hydrogen-bond donors (Lipinski definition) is 2. The Kier molecular flexibility index (Phi) is 8.51. The monoisotopic (exact) mass is 460 g/mol. The van der Waals surface area contributed by atoms with Gasteiger partial charge in [-0.15, -0.1) is 0 Å². The van der Waals surface area contributed by atoms with Gasteiger partial charge in [-0.2, -0.15) is 5.10 Å². The molecule has 2 N–H and O–H groups in total. The van der Waals surface area contributed by atoms with Crippen molar-refractivity contribution >= 4 is 34.5 Å². The SMILES string of the molecule is CCSc1nc(NCCOC)c2cnn(CCNC(=O)c3ccc(OC)c(OC)c3)c2n1. The van der Waals surface area contributed by atoms with Crippen molar-refractivity contribution in [1.82, 2.24) is 25.1 Å². The fraction of sp³-hybridized carbons (Fsp3) is 0.429. The molecule has 1 aromatic carbocycles. The molecule has 1 amide bonds. The molecular formula is C21H28N6O4S.